The molecule has 106 valence electrons. The summed E-state index contributed by atoms with van der Waals surface area (Å²) in [4.78, 5) is 11.7. The molecule has 1 N–H and O–H groups in total. The van der Waals surface area contributed by atoms with Crippen molar-refractivity contribution in [1.82, 2.24) is 0 Å². The molecule has 0 aliphatic heterocycles. The average Bonchev–Trinajstić information content (AvgIpc) is 2.44. The third kappa shape index (κ3) is 5.20. The van der Waals surface area contributed by atoms with Gasteiger partial charge in [-0.05, 0) is 44.0 Å². The lowest BCUT2D eigenvalue weighted by molar-refractivity contribution is -0.144. The predicted octanol–water partition coefficient (Wildman–Crippen LogP) is 3.23. The summed E-state index contributed by atoms with van der Waals surface area (Å²) >= 11 is 0. The van der Waals surface area contributed by atoms with Gasteiger partial charge in [0.2, 0.25) is 0 Å². The van der Waals surface area contributed by atoms with Crippen molar-refractivity contribution in [3.05, 3.63) is 24.3 Å². The Morgan fingerprint density at radius 2 is 1.89 bits per heavy atom. The first kappa shape index (κ1) is 15.3. The standard InChI is InChI=1S/C15H23NO3/c1-4-11-19-13-9-7-12(8-10-13)16-14(5-2)15(17)18-6-3/h7-10,14,16H,4-6,11H2,1-3H3. The molecule has 0 aromatic heterocycles. The number of anilines is 1. The maximum absolute atomic E-state index is 11.7. The predicted molar refractivity (Wildman–Crippen MR) is 76.6 cm³/mol. The van der Waals surface area contributed by atoms with Gasteiger partial charge in [0.25, 0.3) is 0 Å². The van der Waals surface area contributed by atoms with Gasteiger partial charge < -0.3 is 14.8 Å². The highest BCUT2D eigenvalue weighted by atomic mass is 16.5. The quantitative estimate of drug-likeness (QED) is 0.733. The number of benzene rings is 1. The van der Waals surface area contributed by atoms with Crippen LogP contribution in [0, 0.1) is 0 Å². The minimum absolute atomic E-state index is 0.212. The van der Waals surface area contributed by atoms with Gasteiger partial charge in [0.05, 0.1) is 13.2 Å². The van der Waals surface area contributed by atoms with E-state index in [1.54, 1.807) is 0 Å². The van der Waals surface area contributed by atoms with Crippen molar-refractivity contribution in [1.29, 1.82) is 0 Å². The zero-order valence-electron chi connectivity index (χ0n) is 11.9. The molecule has 0 fully saturated rings. The van der Waals surface area contributed by atoms with Crippen LogP contribution >= 0.6 is 0 Å². The van der Waals surface area contributed by atoms with E-state index in [1.807, 2.05) is 38.1 Å². The lowest BCUT2D eigenvalue weighted by Crippen LogP contribution is -2.30. The number of rotatable bonds is 8. The van der Waals surface area contributed by atoms with E-state index in [4.69, 9.17) is 9.47 Å². The van der Waals surface area contributed by atoms with Gasteiger partial charge in [-0.1, -0.05) is 13.8 Å². The van der Waals surface area contributed by atoms with Crippen molar-refractivity contribution >= 4 is 11.7 Å². The van der Waals surface area contributed by atoms with Gasteiger partial charge >= 0.3 is 5.97 Å². The maximum Gasteiger partial charge on any atom is 0.328 e. The molecule has 0 saturated heterocycles. The van der Waals surface area contributed by atoms with Gasteiger partial charge in [0, 0.05) is 5.69 Å². The topological polar surface area (TPSA) is 47.6 Å². The van der Waals surface area contributed by atoms with Crippen LogP contribution in [0.1, 0.15) is 33.6 Å². The normalized spacial score (nSPS) is 11.7. The van der Waals surface area contributed by atoms with Crippen LogP contribution < -0.4 is 10.1 Å². The molecule has 1 aromatic rings. The first-order chi connectivity index (χ1) is 9.21. The van der Waals surface area contributed by atoms with Crippen LogP contribution in [-0.2, 0) is 9.53 Å². The molecule has 0 amide bonds. The van der Waals surface area contributed by atoms with E-state index in [2.05, 4.69) is 12.2 Å². The molecule has 1 atom stereocenters. The number of carbonyl (C=O) groups excluding carboxylic acids is 1. The van der Waals surface area contributed by atoms with Crippen LogP contribution in [0.15, 0.2) is 24.3 Å². The molecule has 0 aliphatic rings. The van der Waals surface area contributed by atoms with Gasteiger partial charge in [-0.2, -0.15) is 0 Å². The second kappa shape index (κ2) is 8.40. The number of hydrogen-bond donors (Lipinski definition) is 1. The highest BCUT2D eigenvalue weighted by molar-refractivity contribution is 5.79. The van der Waals surface area contributed by atoms with Crippen LogP contribution in [0.4, 0.5) is 5.69 Å². The van der Waals surface area contributed by atoms with Crippen LogP contribution in [0.5, 0.6) is 5.75 Å². The van der Waals surface area contributed by atoms with Gasteiger partial charge in [-0.25, -0.2) is 4.79 Å². The molecule has 19 heavy (non-hydrogen) atoms. The molecule has 1 aromatic carbocycles. The molecule has 4 nitrogen and oxygen atoms in total. The molecule has 0 spiro atoms. The Bertz CT molecular complexity index is 375. The minimum atomic E-state index is -0.303. The van der Waals surface area contributed by atoms with Gasteiger partial charge in [0.15, 0.2) is 0 Å². The van der Waals surface area contributed by atoms with E-state index >= 15 is 0 Å². The summed E-state index contributed by atoms with van der Waals surface area (Å²) in [6, 6.07) is 7.31. The molecular formula is C15H23NO3. The molecule has 0 bridgehead atoms. The van der Waals surface area contributed by atoms with E-state index in [0.717, 1.165) is 17.9 Å². The fourth-order valence-corrected chi connectivity index (χ4v) is 1.64. The van der Waals surface area contributed by atoms with E-state index in [0.29, 0.717) is 19.6 Å². The van der Waals surface area contributed by atoms with E-state index in [-0.39, 0.29) is 12.0 Å². The second-order valence-electron chi connectivity index (χ2n) is 4.23. The first-order valence-electron chi connectivity index (χ1n) is 6.87. The Morgan fingerprint density at radius 1 is 1.21 bits per heavy atom. The van der Waals surface area contributed by atoms with Crippen molar-refractivity contribution in [2.24, 2.45) is 0 Å². The number of nitrogens with one attached hydrogen (secondary N) is 1. The first-order valence-corrected chi connectivity index (χ1v) is 6.87. The Kier molecular flexibility index (Phi) is 6.79. The summed E-state index contributed by atoms with van der Waals surface area (Å²) in [5.74, 6) is 0.632. The van der Waals surface area contributed by atoms with Crippen LogP contribution in [0.3, 0.4) is 0 Å². The highest BCUT2D eigenvalue weighted by Crippen LogP contribution is 2.17. The number of ether oxygens (including phenoxy) is 2. The summed E-state index contributed by atoms with van der Waals surface area (Å²) in [7, 11) is 0. The molecule has 1 unspecified atom stereocenters. The van der Waals surface area contributed by atoms with Crippen molar-refractivity contribution in [3.63, 3.8) is 0 Å². The molecule has 0 radical (unpaired) electrons. The summed E-state index contributed by atoms with van der Waals surface area (Å²) in [5, 5.41) is 3.17. The molecular weight excluding hydrogens is 242 g/mol. The number of esters is 1. The summed E-state index contributed by atoms with van der Waals surface area (Å²) in [5.41, 5.74) is 0.892. The van der Waals surface area contributed by atoms with Gasteiger partial charge in [0.1, 0.15) is 11.8 Å². The Morgan fingerprint density at radius 3 is 2.42 bits per heavy atom. The maximum atomic E-state index is 11.7. The fourth-order valence-electron chi connectivity index (χ4n) is 1.64. The molecule has 0 heterocycles. The van der Waals surface area contributed by atoms with Gasteiger partial charge in [-0.3, -0.25) is 0 Å². The van der Waals surface area contributed by atoms with Crippen molar-refractivity contribution < 1.29 is 14.3 Å². The van der Waals surface area contributed by atoms with Crippen molar-refractivity contribution in [2.45, 2.75) is 39.7 Å². The van der Waals surface area contributed by atoms with E-state index < -0.39 is 0 Å². The smallest absolute Gasteiger partial charge is 0.328 e. The highest BCUT2D eigenvalue weighted by Gasteiger charge is 2.16. The van der Waals surface area contributed by atoms with Crippen molar-refractivity contribution in [2.75, 3.05) is 18.5 Å². The largest absolute Gasteiger partial charge is 0.494 e. The lowest BCUT2D eigenvalue weighted by Gasteiger charge is -2.16. The fraction of sp³-hybridized carbons (Fsp3) is 0.533. The molecule has 1 rings (SSSR count). The Balaban J connectivity index is 2.57. The van der Waals surface area contributed by atoms with Crippen LogP contribution in [0.2, 0.25) is 0 Å². The zero-order valence-corrected chi connectivity index (χ0v) is 11.9. The number of carbonyl (C=O) groups is 1. The SMILES string of the molecule is CCCOc1ccc(NC(CC)C(=O)OCC)cc1. The zero-order chi connectivity index (χ0) is 14.1. The second-order valence-corrected chi connectivity index (χ2v) is 4.23. The van der Waals surface area contributed by atoms with Gasteiger partial charge in [-0.15, -0.1) is 0 Å². The molecule has 0 aliphatic carbocycles. The third-order valence-electron chi connectivity index (χ3n) is 2.65. The summed E-state index contributed by atoms with van der Waals surface area (Å²) in [6.45, 7) is 6.95. The number of hydrogen-bond acceptors (Lipinski definition) is 4. The minimum Gasteiger partial charge on any atom is -0.494 e. The monoisotopic (exact) mass is 265 g/mol. The summed E-state index contributed by atoms with van der Waals surface area (Å²) in [6.07, 6.45) is 1.67. The van der Waals surface area contributed by atoms with E-state index in [9.17, 15) is 4.79 Å². The summed E-state index contributed by atoms with van der Waals surface area (Å²) < 4.78 is 10.5. The lowest BCUT2D eigenvalue weighted by atomic mass is 10.2. The third-order valence-corrected chi connectivity index (χ3v) is 2.65. The Labute approximate surface area is 115 Å². The average molecular weight is 265 g/mol. The van der Waals surface area contributed by atoms with Crippen molar-refractivity contribution in [3.8, 4) is 5.75 Å². The molecule has 4 heteroatoms. The Hall–Kier alpha value is -1.71. The van der Waals surface area contributed by atoms with Crippen LogP contribution in [-0.4, -0.2) is 25.2 Å². The van der Waals surface area contributed by atoms with Crippen LogP contribution in [0.25, 0.3) is 0 Å². The van der Waals surface area contributed by atoms with E-state index in [1.165, 1.54) is 0 Å². The molecule has 0 saturated carbocycles.